The van der Waals surface area contributed by atoms with Crippen molar-refractivity contribution in [3.63, 3.8) is 0 Å². The monoisotopic (exact) mass is 393 g/mol. The van der Waals surface area contributed by atoms with Gasteiger partial charge in [0.25, 0.3) is 0 Å². The Morgan fingerprint density at radius 3 is 2.45 bits per heavy atom. The van der Waals surface area contributed by atoms with Gasteiger partial charge in [-0.05, 0) is 86.2 Å². The summed E-state index contributed by atoms with van der Waals surface area (Å²) in [4.78, 5) is 2.54. The van der Waals surface area contributed by atoms with Crippen LogP contribution >= 0.6 is 0 Å². The van der Waals surface area contributed by atoms with Crippen LogP contribution in [0.4, 0.5) is 0 Å². The van der Waals surface area contributed by atoms with Gasteiger partial charge in [-0.15, -0.1) is 0 Å². The number of aliphatic hydroxyl groups is 1. The topological polar surface area (TPSA) is 32.7 Å². The maximum Gasteiger partial charge on any atom is 0.0581 e. The van der Waals surface area contributed by atoms with Crippen LogP contribution in [-0.4, -0.2) is 42.4 Å². The van der Waals surface area contributed by atoms with Crippen molar-refractivity contribution in [1.82, 2.24) is 4.90 Å². The zero-order valence-corrected chi connectivity index (χ0v) is 17.8. The minimum atomic E-state index is 0.0627. The predicted octanol–water partition coefficient (Wildman–Crippen LogP) is 5.20. The van der Waals surface area contributed by atoms with E-state index in [0.717, 1.165) is 45.5 Å². The molecule has 0 radical (unpaired) electrons. The molecule has 3 nitrogen and oxygen atoms in total. The van der Waals surface area contributed by atoms with Gasteiger partial charge in [0, 0.05) is 19.8 Å². The van der Waals surface area contributed by atoms with Crippen LogP contribution in [-0.2, 0) is 11.3 Å². The van der Waals surface area contributed by atoms with Crippen LogP contribution in [0.5, 0.6) is 0 Å². The molecule has 2 saturated heterocycles. The average Bonchev–Trinajstić information content (AvgIpc) is 2.77. The summed E-state index contributed by atoms with van der Waals surface area (Å²) < 4.78 is 5.96. The number of rotatable bonds is 6. The molecule has 0 amide bonds. The fraction of sp³-hybridized carbons (Fsp3) is 0.538. The van der Waals surface area contributed by atoms with Crippen LogP contribution in [0, 0.1) is 12.3 Å². The summed E-state index contributed by atoms with van der Waals surface area (Å²) in [6.45, 7) is 6.49. The molecule has 1 N–H and O–H groups in total. The highest BCUT2D eigenvalue weighted by molar-refractivity contribution is 5.67. The second-order valence-electron chi connectivity index (χ2n) is 9.14. The van der Waals surface area contributed by atoms with Gasteiger partial charge in [0.2, 0.25) is 0 Å². The summed E-state index contributed by atoms with van der Waals surface area (Å²) in [5.74, 6) is 0. The zero-order valence-electron chi connectivity index (χ0n) is 17.8. The summed E-state index contributed by atoms with van der Waals surface area (Å²) in [7, 11) is 0. The quantitative estimate of drug-likeness (QED) is 0.732. The standard InChI is InChI=1S/C26H35NO2/c1-21-6-2-3-8-25(21)23-11-9-22(10-12-23)19-27-15-13-26(20-28,14-16-27)18-24-7-4-5-17-29-24/h2-3,6,8-12,24,28H,4-5,7,13-20H2,1H3. The Bertz CT molecular complexity index is 772. The fourth-order valence-corrected chi connectivity index (χ4v) is 5.01. The molecule has 2 fully saturated rings. The number of benzene rings is 2. The van der Waals surface area contributed by atoms with Gasteiger partial charge in [0.05, 0.1) is 6.10 Å². The first-order valence-electron chi connectivity index (χ1n) is 11.3. The molecule has 1 unspecified atom stereocenters. The molecule has 1 atom stereocenters. The van der Waals surface area contributed by atoms with Crippen molar-refractivity contribution >= 4 is 0 Å². The van der Waals surface area contributed by atoms with Gasteiger partial charge < -0.3 is 9.84 Å². The molecule has 156 valence electrons. The molecule has 2 aromatic rings. The lowest BCUT2D eigenvalue weighted by molar-refractivity contribution is -0.0486. The van der Waals surface area contributed by atoms with E-state index in [0.29, 0.717) is 12.7 Å². The SMILES string of the molecule is Cc1ccccc1-c1ccc(CN2CCC(CO)(CC3CCCCO3)CC2)cc1. The largest absolute Gasteiger partial charge is 0.396 e. The number of aryl methyl sites for hydroxylation is 1. The van der Waals surface area contributed by atoms with E-state index >= 15 is 0 Å². The van der Waals surface area contributed by atoms with E-state index in [1.54, 1.807) is 0 Å². The second-order valence-corrected chi connectivity index (χ2v) is 9.14. The summed E-state index contributed by atoms with van der Waals surface area (Å²) in [6.07, 6.45) is 7.17. The highest BCUT2D eigenvalue weighted by Gasteiger charge is 2.36. The van der Waals surface area contributed by atoms with Crippen LogP contribution in [0.3, 0.4) is 0 Å². The van der Waals surface area contributed by atoms with Gasteiger partial charge in [-0.1, -0.05) is 48.5 Å². The Morgan fingerprint density at radius 2 is 1.79 bits per heavy atom. The highest BCUT2D eigenvalue weighted by Crippen LogP contribution is 2.38. The smallest absolute Gasteiger partial charge is 0.0581 e. The Balaban J connectivity index is 1.32. The summed E-state index contributed by atoms with van der Waals surface area (Å²) in [5, 5.41) is 10.1. The molecule has 2 heterocycles. The number of ether oxygens (including phenoxy) is 1. The number of piperidine rings is 1. The van der Waals surface area contributed by atoms with Crippen molar-refractivity contribution in [3.8, 4) is 11.1 Å². The van der Waals surface area contributed by atoms with Crippen molar-refractivity contribution in [3.05, 3.63) is 59.7 Å². The van der Waals surface area contributed by atoms with Crippen LogP contribution in [0.15, 0.2) is 48.5 Å². The molecule has 0 bridgehead atoms. The molecule has 0 saturated carbocycles. The number of hydrogen-bond acceptors (Lipinski definition) is 3. The van der Waals surface area contributed by atoms with Gasteiger partial charge in [0.15, 0.2) is 0 Å². The summed E-state index contributed by atoms with van der Waals surface area (Å²) in [6, 6.07) is 17.6. The van der Waals surface area contributed by atoms with Crippen molar-refractivity contribution in [2.75, 3.05) is 26.3 Å². The van der Waals surface area contributed by atoms with E-state index < -0.39 is 0 Å². The first kappa shape index (κ1) is 20.6. The van der Waals surface area contributed by atoms with E-state index in [2.05, 4.69) is 60.4 Å². The number of hydrogen-bond donors (Lipinski definition) is 1. The number of nitrogens with zero attached hydrogens (tertiary/aromatic N) is 1. The van der Waals surface area contributed by atoms with Gasteiger partial charge in [-0.3, -0.25) is 4.90 Å². The van der Waals surface area contributed by atoms with Crippen molar-refractivity contribution in [2.45, 2.75) is 58.1 Å². The average molecular weight is 394 g/mol. The lowest BCUT2D eigenvalue weighted by Gasteiger charge is -2.43. The molecule has 0 aliphatic carbocycles. The molecular weight excluding hydrogens is 358 g/mol. The third-order valence-corrected chi connectivity index (χ3v) is 7.00. The van der Waals surface area contributed by atoms with E-state index in [-0.39, 0.29) is 5.41 Å². The molecule has 29 heavy (non-hydrogen) atoms. The van der Waals surface area contributed by atoms with Crippen LogP contribution in [0.1, 0.15) is 49.7 Å². The van der Waals surface area contributed by atoms with E-state index in [4.69, 9.17) is 4.74 Å². The van der Waals surface area contributed by atoms with Crippen molar-refractivity contribution in [2.24, 2.45) is 5.41 Å². The Morgan fingerprint density at radius 1 is 1.03 bits per heavy atom. The third kappa shape index (κ3) is 5.09. The molecular formula is C26H35NO2. The van der Waals surface area contributed by atoms with Gasteiger partial charge in [-0.25, -0.2) is 0 Å². The molecule has 2 aromatic carbocycles. The molecule has 0 spiro atoms. The van der Waals surface area contributed by atoms with E-state index in [9.17, 15) is 5.11 Å². The lowest BCUT2D eigenvalue weighted by atomic mass is 9.74. The van der Waals surface area contributed by atoms with Crippen LogP contribution in [0.25, 0.3) is 11.1 Å². The van der Waals surface area contributed by atoms with Gasteiger partial charge in [-0.2, -0.15) is 0 Å². The van der Waals surface area contributed by atoms with Crippen LogP contribution in [0.2, 0.25) is 0 Å². The highest BCUT2D eigenvalue weighted by atomic mass is 16.5. The molecule has 2 aliphatic rings. The lowest BCUT2D eigenvalue weighted by Crippen LogP contribution is -2.44. The Hall–Kier alpha value is -1.68. The maximum absolute atomic E-state index is 10.1. The molecule has 0 aromatic heterocycles. The number of likely N-dealkylation sites (tertiary alicyclic amines) is 1. The second kappa shape index (κ2) is 9.42. The summed E-state index contributed by atoms with van der Waals surface area (Å²) >= 11 is 0. The molecule has 4 rings (SSSR count). The fourth-order valence-electron chi connectivity index (χ4n) is 5.01. The minimum Gasteiger partial charge on any atom is -0.396 e. The first-order valence-corrected chi connectivity index (χ1v) is 11.3. The third-order valence-electron chi connectivity index (χ3n) is 7.00. The maximum atomic E-state index is 10.1. The molecule has 2 aliphatic heterocycles. The zero-order chi connectivity index (χ0) is 20.1. The normalized spacial score (nSPS) is 22.5. The van der Waals surface area contributed by atoms with Crippen LogP contribution < -0.4 is 0 Å². The summed E-state index contributed by atoms with van der Waals surface area (Å²) in [5.41, 5.74) is 5.35. The van der Waals surface area contributed by atoms with Gasteiger partial charge >= 0.3 is 0 Å². The Kier molecular flexibility index (Phi) is 6.69. The van der Waals surface area contributed by atoms with Crippen molar-refractivity contribution < 1.29 is 9.84 Å². The first-order chi connectivity index (χ1) is 14.2. The molecule has 3 heteroatoms. The predicted molar refractivity (Wildman–Crippen MR) is 119 cm³/mol. The number of aliphatic hydroxyl groups excluding tert-OH is 1. The van der Waals surface area contributed by atoms with Crippen molar-refractivity contribution in [1.29, 1.82) is 0 Å². The van der Waals surface area contributed by atoms with E-state index in [1.165, 1.54) is 41.5 Å². The van der Waals surface area contributed by atoms with E-state index in [1.807, 2.05) is 0 Å². The van der Waals surface area contributed by atoms with Gasteiger partial charge in [0.1, 0.15) is 0 Å². The minimum absolute atomic E-state index is 0.0627. The Labute approximate surface area is 175 Å².